The second kappa shape index (κ2) is 7.98. The highest BCUT2D eigenvalue weighted by atomic mass is 16.2. The van der Waals surface area contributed by atoms with E-state index in [0.717, 1.165) is 18.4 Å². The van der Waals surface area contributed by atoms with Gasteiger partial charge in [0.25, 0.3) is 0 Å². The van der Waals surface area contributed by atoms with Crippen LogP contribution < -0.4 is 10.6 Å². The molecular formula is C24H24N4O3. The van der Waals surface area contributed by atoms with E-state index < -0.39 is 12.2 Å². The first kappa shape index (κ1) is 19.5. The van der Waals surface area contributed by atoms with Gasteiger partial charge in [0.2, 0.25) is 11.8 Å². The number of likely N-dealkylation sites (tertiary alicyclic amines) is 1. The zero-order chi connectivity index (χ0) is 21.4. The summed E-state index contributed by atoms with van der Waals surface area (Å²) in [6, 6.07) is 14.3. The van der Waals surface area contributed by atoms with E-state index in [0.29, 0.717) is 12.2 Å². The molecule has 31 heavy (non-hydrogen) atoms. The number of amides is 4. The van der Waals surface area contributed by atoms with Crippen molar-refractivity contribution in [1.29, 1.82) is 0 Å². The largest absolute Gasteiger partial charge is 0.322 e. The van der Waals surface area contributed by atoms with E-state index in [1.54, 1.807) is 24.4 Å². The molecule has 1 aliphatic heterocycles. The van der Waals surface area contributed by atoms with Gasteiger partial charge >= 0.3 is 6.03 Å². The van der Waals surface area contributed by atoms with Crippen LogP contribution in [0.2, 0.25) is 0 Å². The molecule has 2 heterocycles. The highest BCUT2D eigenvalue weighted by molar-refractivity contribution is 6.06. The zero-order valence-electron chi connectivity index (χ0n) is 17.0. The van der Waals surface area contributed by atoms with Crippen LogP contribution in [-0.4, -0.2) is 33.9 Å². The van der Waals surface area contributed by atoms with Crippen molar-refractivity contribution in [3.8, 4) is 0 Å². The van der Waals surface area contributed by atoms with E-state index in [-0.39, 0.29) is 35.5 Å². The third-order valence-electron chi connectivity index (χ3n) is 6.58. The Morgan fingerprint density at radius 3 is 2.19 bits per heavy atom. The SMILES string of the molecule is O=C(Nc1ccccn1)N[C@@H](Cc1ccccc1)N1C(=O)[C@@H]2[C@H](C1=O)[C@H]1C=C[C@H]2CC1. The highest BCUT2D eigenvalue weighted by Crippen LogP contribution is 2.49. The van der Waals surface area contributed by atoms with E-state index in [2.05, 4.69) is 27.8 Å². The summed E-state index contributed by atoms with van der Waals surface area (Å²) in [5.74, 6) is -0.354. The standard InChI is InChI=1S/C24H24N4O3/c29-22-20-16-9-10-17(12-11-16)21(20)23(30)28(22)19(14-15-6-2-1-3-7-15)27-24(31)26-18-8-4-5-13-25-18/h1-10,13,16-17,19-21H,11-12,14H2,(H2,25,26,27,31)/t16-,17-,19+,20-,21+/m0/s1. The lowest BCUT2D eigenvalue weighted by molar-refractivity contribution is -0.143. The number of hydrogen-bond acceptors (Lipinski definition) is 4. The number of rotatable bonds is 5. The molecule has 0 radical (unpaired) electrons. The quantitative estimate of drug-likeness (QED) is 0.579. The minimum Gasteiger partial charge on any atom is -0.317 e. The molecule has 1 aromatic carbocycles. The number of carbonyl (C=O) groups excluding carboxylic acids is 3. The van der Waals surface area contributed by atoms with Crippen molar-refractivity contribution < 1.29 is 14.4 Å². The summed E-state index contributed by atoms with van der Waals surface area (Å²) in [6.07, 6.45) is 7.22. The molecule has 2 N–H and O–H groups in total. The van der Waals surface area contributed by atoms with Crippen LogP contribution in [0.3, 0.4) is 0 Å². The van der Waals surface area contributed by atoms with Gasteiger partial charge in [0, 0.05) is 12.6 Å². The van der Waals surface area contributed by atoms with Crippen LogP contribution >= 0.6 is 0 Å². The van der Waals surface area contributed by atoms with E-state index in [1.165, 1.54) is 4.90 Å². The summed E-state index contributed by atoms with van der Waals surface area (Å²) in [4.78, 5) is 44.9. The van der Waals surface area contributed by atoms with Crippen LogP contribution in [0.15, 0.2) is 66.9 Å². The molecule has 0 spiro atoms. The summed E-state index contributed by atoms with van der Waals surface area (Å²) in [5, 5.41) is 5.53. The van der Waals surface area contributed by atoms with Gasteiger partial charge in [-0.2, -0.15) is 0 Å². The number of carbonyl (C=O) groups is 3. The van der Waals surface area contributed by atoms with Crippen LogP contribution in [0.5, 0.6) is 0 Å². The van der Waals surface area contributed by atoms with Crippen LogP contribution in [0.4, 0.5) is 10.6 Å². The average molecular weight is 416 g/mol. The first-order valence-corrected chi connectivity index (χ1v) is 10.7. The molecule has 6 rings (SSSR count). The Bertz CT molecular complexity index is 992. The Morgan fingerprint density at radius 1 is 0.968 bits per heavy atom. The maximum atomic E-state index is 13.4. The zero-order valence-corrected chi connectivity index (χ0v) is 17.0. The lowest BCUT2D eigenvalue weighted by Crippen LogP contribution is -2.53. The smallest absolute Gasteiger partial charge is 0.317 e. The summed E-state index contributed by atoms with van der Waals surface area (Å²) in [6.45, 7) is 0. The van der Waals surface area contributed by atoms with E-state index in [4.69, 9.17) is 0 Å². The van der Waals surface area contributed by atoms with E-state index in [9.17, 15) is 14.4 Å². The average Bonchev–Trinajstić information content (AvgIpc) is 3.08. The third-order valence-corrected chi connectivity index (χ3v) is 6.58. The molecule has 5 atom stereocenters. The fourth-order valence-corrected chi connectivity index (χ4v) is 5.19. The van der Waals surface area contributed by atoms with Gasteiger partial charge < -0.3 is 5.32 Å². The molecule has 1 saturated heterocycles. The van der Waals surface area contributed by atoms with E-state index in [1.807, 2.05) is 30.3 Å². The number of fused-ring (bicyclic) bond motifs is 1. The number of anilines is 1. The van der Waals surface area contributed by atoms with Crippen molar-refractivity contribution in [2.24, 2.45) is 23.7 Å². The molecule has 1 aromatic heterocycles. The summed E-state index contributed by atoms with van der Waals surface area (Å²) in [5.41, 5.74) is 0.933. The fourth-order valence-electron chi connectivity index (χ4n) is 5.19. The predicted octanol–water partition coefficient (Wildman–Crippen LogP) is 2.97. The van der Waals surface area contributed by atoms with Crippen LogP contribution in [0.1, 0.15) is 18.4 Å². The fraction of sp³-hybridized carbons (Fsp3) is 0.333. The number of nitrogens with one attached hydrogen (secondary N) is 2. The summed E-state index contributed by atoms with van der Waals surface area (Å²) >= 11 is 0. The number of nitrogens with zero attached hydrogens (tertiary/aromatic N) is 2. The first-order chi connectivity index (χ1) is 15.1. The second-order valence-corrected chi connectivity index (χ2v) is 8.41. The Hall–Kier alpha value is -3.48. The number of hydrogen-bond donors (Lipinski definition) is 2. The minimum absolute atomic E-state index is 0.108. The van der Waals surface area contributed by atoms with Crippen molar-refractivity contribution in [2.45, 2.75) is 25.4 Å². The van der Waals surface area contributed by atoms with Crippen molar-refractivity contribution >= 4 is 23.7 Å². The van der Waals surface area contributed by atoms with Gasteiger partial charge in [-0.25, -0.2) is 9.78 Å². The van der Waals surface area contributed by atoms with Crippen LogP contribution in [0.25, 0.3) is 0 Å². The monoisotopic (exact) mass is 416 g/mol. The molecule has 3 aliphatic carbocycles. The number of allylic oxidation sites excluding steroid dienone is 2. The highest BCUT2D eigenvalue weighted by Gasteiger charge is 2.58. The normalized spacial score (nSPS) is 27.2. The Kier molecular flexibility index (Phi) is 5.02. The number of urea groups is 1. The molecule has 7 heteroatoms. The van der Waals surface area contributed by atoms with Crippen molar-refractivity contribution in [3.05, 3.63) is 72.4 Å². The van der Waals surface area contributed by atoms with Crippen molar-refractivity contribution in [1.82, 2.24) is 15.2 Å². The maximum Gasteiger partial charge on any atom is 0.322 e. The molecule has 0 unspecified atom stereocenters. The molecular weight excluding hydrogens is 392 g/mol. The number of imide groups is 1. The molecule has 2 fully saturated rings. The minimum atomic E-state index is -0.767. The lowest BCUT2D eigenvalue weighted by Gasteiger charge is -2.38. The molecule has 2 bridgehead atoms. The van der Waals surface area contributed by atoms with Gasteiger partial charge in [-0.1, -0.05) is 48.6 Å². The second-order valence-electron chi connectivity index (χ2n) is 8.41. The topological polar surface area (TPSA) is 91.4 Å². The van der Waals surface area contributed by atoms with Gasteiger partial charge in [0.1, 0.15) is 12.0 Å². The van der Waals surface area contributed by atoms with Gasteiger partial charge in [-0.05, 0) is 42.4 Å². The third kappa shape index (κ3) is 3.60. The molecule has 7 nitrogen and oxygen atoms in total. The molecule has 158 valence electrons. The van der Waals surface area contributed by atoms with Gasteiger partial charge in [-0.15, -0.1) is 0 Å². The van der Waals surface area contributed by atoms with E-state index >= 15 is 0 Å². The molecule has 4 aliphatic rings. The van der Waals surface area contributed by atoms with Gasteiger partial charge in [0.15, 0.2) is 0 Å². The molecule has 4 amide bonds. The molecule has 1 saturated carbocycles. The maximum absolute atomic E-state index is 13.4. The number of benzene rings is 1. The lowest BCUT2D eigenvalue weighted by atomic mass is 9.63. The summed E-state index contributed by atoms with van der Waals surface area (Å²) in [7, 11) is 0. The number of pyridine rings is 1. The van der Waals surface area contributed by atoms with Crippen LogP contribution in [-0.2, 0) is 16.0 Å². The Labute approximate surface area is 180 Å². The van der Waals surface area contributed by atoms with Crippen molar-refractivity contribution in [2.75, 3.05) is 5.32 Å². The Balaban J connectivity index is 1.41. The predicted molar refractivity (Wildman–Crippen MR) is 115 cm³/mol. The van der Waals surface area contributed by atoms with Gasteiger partial charge in [-0.3, -0.25) is 19.8 Å². The first-order valence-electron chi connectivity index (χ1n) is 10.7. The Morgan fingerprint density at radius 2 is 1.61 bits per heavy atom. The van der Waals surface area contributed by atoms with Crippen LogP contribution in [0, 0.1) is 23.7 Å². The summed E-state index contributed by atoms with van der Waals surface area (Å²) < 4.78 is 0. The number of aromatic nitrogens is 1. The molecule has 2 aromatic rings. The van der Waals surface area contributed by atoms with Gasteiger partial charge in [0.05, 0.1) is 11.8 Å². The van der Waals surface area contributed by atoms with Crippen molar-refractivity contribution in [3.63, 3.8) is 0 Å².